The van der Waals surface area contributed by atoms with Crippen LogP contribution in [0.4, 0.5) is 0 Å². The third kappa shape index (κ3) is 4.95. The molecule has 4 heterocycles. The molecule has 0 bridgehead atoms. The van der Waals surface area contributed by atoms with Gasteiger partial charge in [0.2, 0.25) is 6.79 Å². The van der Waals surface area contributed by atoms with E-state index in [1.54, 1.807) is 17.6 Å². The summed E-state index contributed by atoms with van der Waals surface area (Å²) in [6.07, 6.45) is 3.43. The second kappa shape index (κ2) is 9.97. The smallest absolute Gasteiger partial charge is 0.273 e. The van der Waals surface area contributed by atoms with Gasteiger partial charge in [-0.15, -0.1) is 11.3 Å². The summed E-state index contributed by atoms with van der Waals surface area (Å²) in [7, 11) is 4.10. The first kappa shape index (κ1) is 23.7. The van der Waals surface area contributed by atoms with Crippen LogP contribution in [0.1, 0.15) is 21.6 Å². The number of aromatic nitrogens is 2. The maximum absolute atomic E-state index is 13.0. The lowest BCUT2D eigenvalue weighted by Gasteiger charge is -2.31. The molecule has 0 spiro atoms. The number of aryl methyl sites for hydroxylation is 1. The van der Waals surface area contributed by atoms with Gasteiger partial charge in [-0.2, -0.15) is 5.10 Å². The molecule has 0 aliphatic carbocycles. The Hall–Kier alpha value is -3.73. The molecule has 6 rings (SSSR count). The van der Waals surface area contributed by atoms with Crippen molar-refractivity contribution in [3.8, 4) is 22.1 Å². The first-order chi connectivity index (χ1) is 18.0. The molecule has 0 unspecified atom stereocenters. The summed E-state index contributed by atoms with van der Waals surface area (Å²) in [5, 5.41) is 8.12. The number of benzene rings is 2. The Bertz CT molecular complexity index is 1480. The molecule has 0 radical (unpaired) electrons. The molecule has 10 heteroatoms. The van der Waals surface area contributed by atoms with Gasteiger partial charge in [0, 0.05) is 67.8 Å². The topological polar surface area (TPSA) is 84.2 Å². The van der Waals surface area contributed by atoms with Crippen molar-refractivity contribution in [3.05, 3.63) is 64.8 Å². The van der Waals surface area contributed by atoms with Gasteiger partial charge in [-0.3, -0.25) is 9.69 Å². The summed E-state index contributed by atoms with van der Waals surface area (Å²) in [4.78, 5) is 22.7. The lowest BCUT2D eigenvalue weighted by atomic mass is 10.1. The molecular weight excluding hydrogens is 488 g/mol. The number of rotatable bonds is 6. The number of hydrazone groups is 1. The van der Waals surface area contributed by atoms with Gasteiger partial charge in [-0.1, -0.05) is 0 Å². The number of amides is 1. The first-order valence-electron chi connectivity index (χ1n) is 12.2. The highest BCUT2D eigenvalue weighted by atomic mass is 32.1. The third-order valence-corrected chi connectivity index (χ3v) is 7.73. The fourth-order valence-corrected chi connectivity index (χ4v) is 5.48. The number of hydrogen-bond donors (Lipinski definition) is 1. The van der Waals surface area contributed by atoms with Crippen LogP contribution in [0.3, 0.4) is 0 Å². The minimum atomic E-state index is -0.269. The van der Waals surface area contributed by atoms with Crippen molar-refractivity contribution >= 4 is 34.4 Å². The number of hydrogen-bond acceptors (Lipinski definition) is 8. The molecule has 4 aromatic rings. The minimum absolute atomic E-state index is 0.217. The Morgan fingerprint density at radius 3 is 2.81 bits per heavy atom. The van der Waals surface area contributed by atoms with Crippen molar-refractivity contribution < 1.29 is 14.3 Å². The van der Waals surface area contributed by atoms with E-state index in [2.05, 4.69) is 38.8 Å². The van der Waals surface area contributed by atoms with Crippen molar-refractivity contribution in [2.45, 2.75) is 6.54 Å². The number of fused-ring (bicyclic) bond motifs is 2. The molecule has 1 fully saturated rings. The van der Waals surface area contributed by atoms with Gasteiger partial charge >= 0.3 is 0 Å². The Labute approximate surface area is 218 Å². The Balaban J connectivity index is 1.18. The second-order valence-corrected chi connectivity index (χ2v) is 10.3. The third-order valence-electron chi connectivity index (χ3n) is 6.79. The molecule has 0 atom stereocenters. The molecule has 1 amide bonds. The Kier molecular flexibility index (Phi) is 6.37. The number of likely N-dealkylation sites (N-methyl/N-ethyl adjacent to an activating group) is 1. The Morgan fingerprint density at radius 1 is 1.11 bits per heavy atom. The summed E-state index contributed by atoms with van der Waals surface area (Å²) in [6.45, 7) is 5.39. The van der Waals surface area contributed by atoms with E-state index >= 15 is 0 Å². The molecular formula is C27H28N6O3S. The molecule has 9 nitrogen and oxygen atoms in total. The van der Waals surface area contributed by atoms with E-state index in [9.17, 15) is 4.79 Å². The average molecular weight is 517 g/mol. The van der Waals surface area contributed by atoms with Gasteiger partial charge in [0.1, 0.15) is 5.01 Å². The van der Waals surface area contributed by atoms with E-state index in [4.69, 9.17) is 14.5 Å². The number of carbonyl (C=O) groups excluding carboxylic acids is 1. The molecule has 2 aromatic carbocycles. The Morgan fingerprint density at radius 2 is 1.95 bits per heavy atom. The lowest BCUT2D eigenvalue weighted by molar-refractivity contribution is 0.0956. The van der Waals surface area contributed by atoms with Crippen LogP contribution in [-0.4, -0.2) is 71.5 Å². The summed E-state index contributed by atoms with van der Waals surface area (Å²) in [5.74, 6) is 1.11. The zero-order valence-electron chi connectivity index (χ0n) is 20.8. The van der Waals surface area contributed by atoms with Crippen LogP contribution in [0.5, 0.6) is 11.5 Å². The van der Waals surface area contributed by atoms with Crippen LogP contribution in [-0.2, 0) is 13.6 Å². The monoisotopic (exact) mass is 516 g/mol. The van der Waals surface area contributed by atoms with E-state index in [-0.39, 0.29) is 12.7 Å². The molecule has 190 valence electrons. The van der Waals surface area contributed by atoms with Crippen molar-refractivity contribution in [3.63, 3.8) is 0 Å². The predicted molar refractivity (Wildman–Crippen MR) is 144 cm³/mol. The molecule has 2 aliphatic rings. The highest BCUT2D eigenvalue weighted by Gasteiger charge is 2.18. The van der Waals surface area contributed by atoms with Crippen LogP contribution in [0.25, 0.3) is 21.5 Å². The van der Waals surface area contributed by atoms with Crippen molar-refractivity contribution in [1.29, 1.82) is 0 Å². The van der Waals surface area contributed by atoms with E-state index in [0.717, 1.165) is 65.5 Å². The second-order valence-electron chi connectivity index (χ2n) is 9.42. The number of piperazine rings is 1. The lowest BCUT2D eigenvalue weighted by Crippen LogP contribution is -2.43. The fourth-order valence-electron chi connectivity index (χ4n) is 4.67. The minimum Gasteiger partial charge on any atom is -0.454 e. The summed E-state index contributed by atoms with van der Waals surface area (Å²) in [6, 6.07) is 11.7. The summed E-state index contributed by atoms with van der Waals surface area (Å²) >= 11 is 1.64. The predicted octanol–water partition coefficient (Wildman–Crippen LogP) is 3.54. The van der Waals surface area contributed by atoms with Gasteiger partial charge in [-0.25, -0.2) is 10.4 Å². The number of carbonyl (C=O) groups is 1. The van der Waals surface area contributed by atoms with Crippen molar-refractivity contribution in [2.24, 2.45) is 12.1 Å². The van der Waals surface area contributed by atoms with E-state index in [0.29, 0.717) is 17.1 Å². The van der Waals surface area contributed by atoms with Crippen LogP contribution in [0.15, 0.2) is 53.1 Å². The van der Waals surface area contributed by atoms with Gasteiger partial charge in [0.15, 0.2) is 11.5 Å². The molecule has 2 aromatic heterocycles. The average Bonchev–Trinajstić information content (AvgIpc) is 3.64. The first-order valence-corrected chi connectivity index (χ1v) is 13.1. The zero-order chi connectivity index (χ0) is 25.4. The maximum atomic E-state index is 13.0. The summed E-state index contributed by atoms with van der Waals surface area (Å²) in [5.41, 5.74) is 7.10. The van der Waals surface area contributed by atoms with Gasteiger partial charge in [0.25, 0.3) is 5.91 Å². The molecule has 2 aliphatic heterocycles. The van der Waals surface area contributed by atoms with E-state index in [1.807, 2.05) is 48.1 Å². The zero-order valence-corrected chi connectivity index (χ0v) is 21.6. The normalized spacial score (nSPS) is 16.2. The van der Waals surface area contributed by atoms with Crippen LogP contribution >= 0.6 is 11.3 Å². The number of ether oxygens (including phenoxy) is 2. The van der Waals surface area contributed by atoms with E-state index in [1.165, 1.54) is 0 Å². The van der Waals surface area contributed by atoms with Gasteiger partial charge in [0.05, 0.1) is 17.5 Å². The highest BCUT2D eigenvalue weighted by Crippen LogP contribution is 2.32. The van der Waals surface area contributed by atoms with Crippen LogP contribution in [0, 0.1) is 0 Å². The standard InChI is InChI=1S/C27H28N6O3S/c1-31-7-9-33(10-8-31)14-20-16-37-27(29-20)19-4-5-23-21(12-19)22(15-32(23)2)26(34)30-28-13-18-3-6-24-25(11-18)36-17-35-24/h3-6,11-13,15-16H,7-10,14,17H2,1-2H3,(H,30,34)/b28-13+. The fraction of sp³-hybridized carbons (Fsp3) is 0.296. The quantitative estimate of drug-likeness (QED) is 0.312. The van der Waals surface area contributed by atoms with Gasteiger partial charge in [-0.05, 0) is 49.0 Å². The highest BCUT2D eigenvalue weighted by molar-refractivity contribution is 7.13. The molecule has 1 N–H and O–H groups in total. The SMILES string of the molecule is CN1CCN(Cc2csc(-c3ccc4c(c3)c(C(=O)N/N=C/c3ccc5c(c3)OCO5)cn4C)n2)CC1. The van der Waals surface area contributed by atoms with Crippen molar-refractivity contribution in [1.82, 2.24) is 24.8 Å². The maximum Gasteiger partial charge on any atom is 0.273 e. The number of nitrogens with one attached hydrogen (secondary N) is 1. The molecule has 0 saturated carbocycles. The summed E-state index contributed by atoms with van der Waals surface area (Å²) < 4.78 is 12.7. The van der Waals surface area contributed by atoms with Crippen LogP contribution in [0.2, 0.25) is 0 Å². The molecule has 37 heavy (non-hydrogen) atoms. The number of nitrogens with zero attached hydrogens (tertiary/aromatic N) is 5. The number of thiazole rings is 1. The van der Waals surface area contributed by atoms with Crippen LogP contribution < -0.4 is 14.9 Å². The molecule has 1 saturated heterocycles. The van der Waals surface area contributed by atoms with Gasteiger partial charge < -0.3 is 18.9 Å². The van der Waals surface area contributed by atoms with E-state index < -0.39 is 0 Å². The largest absolute Gasteiger partial charge is 0.454 e. The van der Waals surface area contributed by atoms with Crippen molar-refractivity contribution in [2.75, 3.05) is 40.0 Å².